The molecule has 0 fully saturated rings. The summed E-state index contributed by atoms with van der Waals surface area (Å²) in [5.74, 6) is 5.43. The number of imidazole rings is 1. The number of fused-ring (bicyclic) bond motifs is 1. The molecule has 0 aromatic carbocycles. The highest BCUT2D eigenvalue weighted by molar-refractivity contribution is 9.10. The molecule has 0 aliphatic rings. The maximum Gasteiger partial charge on any atom is 0.407 e. The molecule has 2 heterocycles. The normalized spacial score (nSPS) is 11.8. The van der Waals surface area contributed by atoms with Crippen molar-refractivity contribution in [2.75, 3.05) is 6.54 Å². The summed E-state index contributed by atoms with van der Waals surface area (Å²) in [6, 6.07) is 3.32. The van der Waals surface area contributed by atoms with Gasteiger partial charge < -0.3 is 14.5 Å². The van der Waals surface area contributed by atoms with Crippen LogP contribution in [-0.4, -0.2) is 33.8 Å². The van der Waals surface area contributed by atoms with E-state index >= 15 is 0 Å². The van der Waals surface area contributed by atoms with Gasteiger partial charge in [-0.05, 0) is 54.8 Å². The van der Waals surface area contributed by atoms with E-state index in [9.17, 15) is 18.0 Å². The Morgan fingerprint density at radius 1 is 1.37 bits per heavy atom. The van der Waals surface area contributed by atoms with Gasteiger partial charge in [0, 0.05) is 19.2 Å². The Kier molecular flexibility index (Phi) is 6.42. The standard InChI is InChI=1S/C18H19BrF3N3O2/c1-17(2,3)27-16(26)23-9-5-4-8-13-14(11-18(20,21)22)25-10-6-7-12(19)15(25)24-13/h6-7,10H,5,9,11H2,1-3H3,(H,23,26). The number of pyridine rings is 1. The lowest BCUT2D eigenvalue weighted by atomic mass is 10.2. The van der Waals surface area contributed by atoms with Gasteiger partial charge in [-0.25, -0.2) is 9.78 Å². The summed E-state index contributed by atoms with van der Waals surface area (Å²) >= 11 is 3.28. The maximum absolute atomic E-state index is 12.9. The average molecular weight is 446 g/mol. The van der Waals surface area contributed by atoms with Crippen molar-refractivity contribution in [2.45, 2.75) is 45.4 Å². The molecule has 2 aromatic rings. The Morgan fingerprint density at radius 3 is 2.70 bits per heavy atom. The molecule has 0 unspecified atom stereocenters. The molecule has 0 bridgehead atoms. The Morgan fingerprint density at radius 2 is 2.07 bits per heavy atom. The molecule has 0 radical (unpaired) electrons. The molecule has 2 aromatic heterocycles. The van der Waals surface area contributed by atoms with Crippen LogP contribution < -0.4 is 5.32 Å². The number of amides is 1. The molecule has 0 aliphatic heterocycles. The number of hydrogen-bond acceptors (Lipinski definition) is 3. The molecular formula is C18H19BrF3N3O2. The summed E-state index contributed by atoms with van der Waals surface area (Å²) in [6.07, 6.45) is -4.32. The number of rotatable bonds is 3. The summed E-state index contributed by atoms with van der Waals surface area (Å²) in [5.41, 5.74) is -0.192. The van der Waals surface area contributed by atoms with E-state index in [1.807, 2.05) is 0 Å². The lowest BCUT2D eigenvalue weighted by molar-refractivity contribution is -0.128. The second kappa shape index (κ2) is 8.21. The van der Waals surface area contributed by atoms with Crippen LogP contribution in [0.3, 0.4) is 0 Å². The van der Waals surface area contributed by atoms with E-state index < -0.39 is 24.3 Å². The SMILES string of the molecule is CC(C)(C)OC(=O)NCCC#Cc1nc2c(Br)cccn2c1CC(F)(F)F. The van der Waals surface area contributed by atoms with Crippen molar-refractivity contribution in [2.24, 2.45) is 0 Å². The molecule has 9 heteroatoms. The third-order valence-electron chi connectivity index (χ3n) is 3.19. The lowest BCUT2D eigenvalue weighted by Gasteiger charge is -2.19. The molecular weight excluding hydrogens is 427 g/mol. The first-order chi connectivity index (χ1) is 12.5. The largest absolute Gasteiger partial charge is 0.444 e. The Bertz CT molecular complexity index is 889. The molecule has 0 saturated carbocycles. The predicted octanol–water partition coefficient (Wildman–Crippen LogP) is 4.47. The summed E-state index contributed by atoms with van der Waals surface area (Å²) in [5, 5.41) is 2.54. The van der Waals surface area contributed by atoms with Crippen molar-refractivity contribution in [3.05, 3.63) is 34.2 Å². The van der Waals surface area contributed by atoms with Crippen molar-refractivity contribution < 1.29 is 22.7 Å². The zero-order chi connectivity index (χ0) is 20.2. The van der Waals surface area contributed by atoms with Gasteiger partial charge in [-0.1, -0.05) is 5.92 Å². The second-order valence-electron chi connectivity index (χ2n) is 6.73. The van der Waals surface area contributed by atoms with Crippen LogP contribution >= 0.6 is 15.9 Å². The van der Waals surface area contributed by atoms with E-state index in [2.05, 4.69) is 38.1 Å². The van der Waals surface area contributed by atoms with Crippen molar-refractivity contribution in [1.82, 2.24) is 14.7 Å². The van der Waals surface area contributed by atoms with Crippen molar-refractivity contribution in [1.29, 1.82) is 0 Å². The van der Waals surface area contributed by atoms with Gasteiger partial charge in [0.2, 0.25) is 0 Å². The number of halogens is 4. The van der Waals surface area contributed by atoms with E-state index in [-0.39, 0.29) is 24.4 Å². The third-order valence-corrected chi connectivity index (χ3v) is 3.81. The first-order valence-corrected chi connectivity index (χ1v) is 8.93. The molecule has 1 N–H and O–H groups in total. The van der Waals surface area contributed by atoms with Crippen molar-refractivity contribution >= 4 is 27.7 Å². The lowest BCUT2D eigenvalue weighted by Crippen LogP contribution is -2.32. The highest BCUT2D eigenvalue weighted by atomic mass is 79.9. The van der Waals surface area contributed by atoms with Crippen LogP contribution in [0.5, 0.6) is 0 Å². The summed E-state index contributed by atoms with van der Waals surface area (Å²) < 4.78 is 45.8. The third kappa shape index (κ3) is 6.47. The van der Waals surface area contributed by atoms with Crippen LogP contribution in [-0.2, 0) is 11.2 Å². The first-order valence-electron chi connectivity index (χ1n) is 8.14. The first kappa shape index (κ1) is 21.1. The summed E-state index contributed by atoms with van der Waals surface area (Å²) in [6.45, 7) is 5.45. The van der Waals surface area contributed by atoms with Gasteiger partial charge in [0.1, 0.15) is 11.3 Å². The van der Waals surface area contributed by atoms with Gasteiger partial charge in [0.15, 0.2) is 5.65 Å². The highest BCUT2D eigenvalue weighted by Crippen LogP contribution is 2.26. The smallest absolute Gasteiger partial charge is 0.407 e. The quantitative estimate of drug-likeness (QED) is 0.560. The summed E-state index contributed by atoms with van der Waals surface area (Å²) in [4.78, 5) is 15.7. The van der Waals surface area contributed by atoms with Crippen LogP contribution in [0.25, 0.3) is 5.65 Å². The number of carbonyl (C=O) groups excluding carboxylic acids is 1. The molecule has 1 amide bonds. The minimum atomic E-state index is -4.38. The van der Waals surface area contributed by atoms with E-state index in [0.29, 0.717) is 10.1 Å². The van der Waals surface area contributed by atoms with Crippen LogP contribution in [0.15, 0.2) is 22.8 Å². The van der Waals surface area contributed by atoms with Gasteiger partial charge in [-0.3, -0.25) is 0 Å². The monoisotopic (exact) mass is 445 g/mol. The fourth-order valence-electron chi connectivity index (χ4n) is 2.23. The minimum Gasteiger partial charge on any atom is -0.444 e. The molecule has 0 atom stereocenters. The van der Waals surface area contributed by atoms with E-state index in [0.717, 1.165) is 0 Å². The van der Waals surface area contributed by atoms with Gasteiger partial charge in [0.05, 0.1) is 16.6 Å². The van der Waals surface area contributed by atoms with Crippen LogP contribution in [0.4, 0.5) is 18.0 Å². The fourth-order valence-corrected chi connectivity index (χ4v) is 2.66. The fraction of sp³-hybridized carbons (Fsp3) is 0.444. The molecule has 0 aliphatic carbocycles. The van der Waals surface area contributed by atoms with Crippen molar-refractivity contribution in [3.63, 3.8) is 0 Å². The van der Waals surface area contributed by atoms with E-state index in [1.165, 1.54) is 10.6 Å². The minimum absolute atomic E-state index is 0.0219. The van der Waals surface area contributed by atoms with Crippen LogP contribution in [0.1, 0.15) is 38.6 Å². The molecule has 5 nitrogen and oxygen atoms in total. The molecule has 146 valence electrons. The molecule has 27 heavy (non-hydrogen) atoms. The number of nitrogens with one attached hydrogen (secondary N) is 1. The van der Waals surface area contributed by atoms with Crippen molar-refractivity contribution in [3.8, 4) is 11.8 Å². The molecule has 0 saturated heterocycles. The average Bonchev–Trinajstić information content (AvgIpc) is 2.83. The number of alkyl carbamates (subject to hydrolysis) is 1. The zero-order valence-electron chi connectivity index (χ0n) is 15.1. The van der Waals surface area contributed by atoms with E-state index in [4.69, 9.17) is 4.74 Å². The van der Waals surface area contributed by atoms with Gasteiger partial charge in [0.25, 0.3) is 0 Å². The Hall–Kier alpha value is -2.21. The Balaban J connectivity index is 2.13. The topological polar surface area (TPSA) is 55.6 Å². The second-order valence-corrected chi connectivity index (χ2v) is 7.58. The molecule has 0 spiro atoms. The van der Waals surface area contributed by atoms with Crippen LogP contribution in [0, 0.1) is 11.8 Å². The number of ether oxygens (including phenoxy) is 1. The number of alkyl halides is 3. The maximum atomic E-state index is 12.9. The van der Waals surface area contributed by atoms with Gasteiger partial charge in [-0.15, -0.1) is 0 Å². The van der Waals surface area contributed by atoms with Gasteiger partial charge in [-0.2, -0.15) is 13.2 Å². The summed E-state index contributed by atoms with van der Waals surface area (Å²) in [7, 11) is 0. The van der Waals surface area contributed by atoms with Gasteiger partial charge >= 0.3 is 12.3 Å². The predicted molar refractivity (Wildman–Crippen MR) is 98.4 cm³/mol. The Labute approximate surface area is 163 Å². The number of hydrogen-bond donors (Lipinski definition) is 1. The highest BCUT2D eigenvalue weighted by Gasteiger charge is 2.31. The number of carbonyl (C=O) groups is 1. The number of nitrogens with zero attached hydrogens (tertiary/aromatic N) is 2. The number of aromatic nitrogens is 2. The molecule has 2 rings (SSSR count). The zero-order valence-corrected chi connectivity index (χ0v) is 16.7. The van der Waals surface area contributed by atoms with Crippen LogP contribution in [0.2, 0.25) is 0 Å². The van der Waals surface area contributed by atoms with E-state index in [1.54, 1.807) is 32.9 Å².